The van der Waals surface area contributed by atoms with Gasteiger partial charge in [-0.3, -0.25) is 0 Å². The monoisotopic (exact) mass is 279 g/mol. The third kappa shape index (κ3) is 5.64. The average molecular weight is 279 g/mol. The van der Waals surface area contributed by atoms with Crippen LogP contribution in [0, 0.1) is 6.92 Å². The predicted molar refractivity (Wildman–Crippen MR) is 67.8 cm³/mol. The van der Waals surface area contributed by atoms with E-state index >= 15 is 0 Å². The molecule has 0 amide bonds. The molecule has 0 unspecified atom stereocenters. The molecule has 0 atom stereocenters. The molecule has 0 bridgehead atoms. The molecule has 1 aromatic carbocycles. The number of alkyl halides is 3. The second kappa shape index (κ2) is 6.89. The summed E-state index contributed by atoms with van der Waals surface area (Å²) in [5.74, 6) is 0.710. The standard InChI is InChI=1S/C12H16F3NOS/c1-9-10(16)4-2-5-11(9)18-7-3-6-17-8-12(13,14)15/h2,4-5H,3,6-8,16H2,1H3. The average Bonchev–Trinajstić information content (AvgIpc) is 2.27. The number of ether oxygens (including phenoxy) is 1. The molecular formula is C12H16F3NOS. The first kappa shape index (κ1) is 15.2. The molecule has 0 spiro atoms. The molecule has 0 radical (unpaired) electrons. The van der Waals surface area contributed by atoms with Gasteiger partial charge < -0.3 is 10.5 Å². The minimum atomic E-state index is -4.24. The van der Waals surface area contributed by atoms with E-state index in [1.54, 1.807) is 11.8 Å². The Morgan fingerprint density at radius 1 is 1.33 bits per heavy atom. The Balaban J connectivity index is 2.20. The minimum Gasteiger partial charge on any atom is -0.398 e. The van der Waals surface area contributed by atoms with Crippen molar-refractivity contribution in [1.82, 2.24) is 0 Å². The molecule has 102 valence electrons. The molecule has 0 aliphatic rings. The summed E-state index contributed by atoms with van der Waals surface area (Å²) in [6.07, 6.45) is -3.66. The largest absolute Gasteiger partial charge is 0.411 e. The van der Waals surface area contributed by atoms with Crippen molar-refractivity contribution in [2.45, 2.75) is 24.4 Å². The number of halogens is 3. The lowest BCUT2D eigenvalue weighted by atomic mass is 10.2. The Bertz CT molecular complexity index is 382. The molecule has 0 fully saturated rings. The molecule has 0 aliphatic carbocycles. The maximum Gasteiger partial charge on any atom is 0.411 e. The first-order valence-electron chi connectivity index (χ1n) is 5.52. The van der Waals surface area contributed by atoms with Gasteiger partial charge in [-0.25, -0.2) is 0 Å². The number of hydrogen-bond acceptors (Lipinski definition) is 3. The first-order valence-corrected chi connectivity index (χ1v) is 6.51. The highest BCUT2D eigenvalue weighted by Crippen LogP contribution is 2.26. The zero-order valence-corrected chi connectivity index (χ0v) is 10.9. The minimum absolute atomic E-state index is 0.119. The molecule has 0 aliphatic heterocycles. The van der Waals surface area contributed by atoms with E-state index in [0.717, 1.165) is 16.1 Å². The highest BCUT2D eigenvalue weighted by atomic mass is 32.2. The fourth-order valence-corrected chi connectivity index (χ4v) is 2.31. The van der Waals surface area contributed by atoms with Crippen molar-refractivity contribution in [1.29, 1.82) is 0 Å². The van der Waals surface area contributed by atoms with Crippen molar-refractivity contribution in [3.05, 3.63) is 23.8 Å². The zero-order valence-electron chi connectivity index (χ0n) is 10.1. The van der Waals surface area contributed by atoms with Crippen molar-refractivity contribution >= 4 is 17.4 Å². The highest BCUT2D eigenvalue weighted by Gasteiger charge is 2.27. The summed E-state index contributed by atoms with van der Waals surface area (Å²) in [4.78, 5) is 1.06. The Morgan fingerprint density at radius 3 is 2.72 bits per heavy atom. The van der Waals surface area contributed by atoms with Gasteiger partial charge in [-0.15, -0.1) is 11.8 Å². The summed E-state index contributed by atoms with van der Waals surface area (Å²) in [6.45, 7) is 0.876. The van der Waals surface area contributed by atoms with E-state index in [1.807, 2.05) is 25.1 Å². The van der Waals surface area contributed by atoms with E-state index in [4.69, 9.17) is 5.73 Å². The molecule has 18 heavy (non-hydrogen) atoms. The second-order valence-electron chi connectivity index (χ2n) is 3.84. The molecule has 6 heteroatoms. The normalized spacial score (nSPS) is 11.8. The number of nitrogen functional groups attached to an aromatic ring is 1. The van der Waals surface area contributed by atoms with Crippen LogP contribution in [0.4, 0.5) is 18.9 Å². The molecule has 0 aromatic heterocycles. The van der Waals surface area contributed by atoms with Crippen LogP contribution in [-0.2, 0) is 4.74 Å². The number of nitrogens with two attached hydrogens (primary N) is 1. The van der Waals surface area contributed by atoms with Gasteiger partial charge in [0.05, 0.1) is 0 Å². The molecule has 1 aromatic rings. The maximum absolute atomic E-state index is 11.8. The van der Waals surface area contributed by atoms with E-state index in [1.165, 1.54) is 0 Å². The van der Waals surface area contributed by atoms with Gasteiger partial charge in [0.25, 0.3) is 0 Å². The van der Waals surface area contributed by atoms with Crippen LogP contribution in [0.1, 0.15) is 12.0 Å². The molecule has 1 rings (SSSR count). The summed E-state index contributed by atoms with van der Waals surface area (Å²) in [5.41, 5.74) is 7.50. The molecule has 2 nitrogen and oxygen atoms in total. The maximum atomic E-state index is 11.8. The van der Waals surface area contributed by atoms with Crippen LogP contribution in [0.25, 0.3) is 0 Å². The van der Waals surface area contributed by atoms with E-state index in [2.05, 4.69) is 4.74 Å². The van der Waals surface area contributed by atoms with Gasteiger partial charge in [0, 0.05) is 22.9 Å². The summed E-state index contributed by atoms with van der Waals surface area (Å²) >= 11 is 1.58. The van der Waals surface area contributed by atoms with Crippen molar-refractivity contribution in [3.63, 3.8) is 0 Å². The first-order chi connectivity index (χ1) is 8.40. The van der Waals surface area contributed by atoms with E-state index in [0.29, 0.717) is 12.2 Å². The molecular weight excluding hydrogens is 263 g/mol. The Morgan fingerprint density at radius 2 is 2.06 bits per heavy atom. The van der Waals surface area contributed by atoms with Gasteiger partial charge in [0.1, 0.15) is 6.61 Å². The number of hydrogen-bond donors (Lipinski definition) is 1. The third-order valence-electron chi connectivity index (χ3n) is 2.28. The number of thioether (sulfide) groups is 1. The molecule has 0 saturated carbocycles. The van der Waals surface area contributed by atoms with Crippen molar-refractivity contribution in [2.75, 3.05) is 24.7 Å². The van der Waals surface area contributed by atoms with Crippen LogP contribution in [0.5, 0.6) is 0 Å². The number of rotatable bonds is 6. The molecule has 0 saturated heterocycles. The molecule has 0 heterocycles. The topological polar surface area (TPSA) is 35.2 Å². The van der Waals surface area contributed by atoms with Crippen LogP contribution >= 0.6 is 11.8 Å². The van der Waals surface area contributed by atoms with Crippen LogP contribution in [0.2, 0.25) is 0 Å². The van der Waals surface area contributed by atoms with Gasteiger partial charge in [-0.05, 0) is 31.0 Å². The molecule has 2 N–H and O–H groups in total. The highest BCUT2D eigenvalue weighted by molar-refractivity contribution is 7.99. The second-order valence-corrected chi connectivity index (χ2v) is 4.98. The van der Waals surface area contributed by atoms with Gasteiger partial charge in [0.2, 0.25) is 0 Å². The van der Waals surface area contributed by atoms with Crippen LogP contribution in [-0.4, -0.2) is 25.1 Å². The SMILES string of the molecule is Cc1c(N)cccc1SCCCOCC(F)(F)F. The fourth-order valence-electron chi connectivity index (χ4n) is 1.32. The van der Waals surface area contributed by atoms with Crippen molar-refractivity contribution in [3.8, 4) is 0 Å². The van der Waals surface area contributed by atoms with Gasteiger partial charge in [-0.2, -0.15) is 13.2 Å². The lowest BCUT2D eigenvalue weighted by Gasteiger charge is -2.09. The van der Waals surface area contributed by atoms with Gasteiger partial charge in [0.15, 0.2) is 0 Å². The Labute approximate surface area is 109 Å². The summed E-state index contributed by atoms with van der Waals surface area (Å²) in [6, 6.07) is 5.64. The smallest absolute Gasteiger partial charge is 0.398 e. The van der Waals surface area contributed by atoms with Crippen LogP contribution in [0.15, 0.2) is 23.1 Å². The van der Waals surface area contributed by atoms with E-state index in [-0.39, 0.29) is 6.61 Å². The Kier molecular flexibility index (Phi) is 5.81. The quantitative estimate of drug-likeness (QED) is 0.490. The lowest BCUT2D eigenvalue weighted by molar-refractivity contribution is -0.173. The lowest BCUT2D eigenvalue weighted by Crippen LogP contribution is -2.17. The fraction of sp³-hybridized carbons (Fsp3) is 0.500. The van der Waals surface area contributed by atoms with Crippen LogP contribution in [0.3, 0.4) is 0 Å². The predicted octanol–water partition coefficient (Wildman–Crippen LogP) is 3.64. The van der Waals surface area contributed by atoms with E-state index in [9.17, 15) is 13.2 Å². The summed E-state index contributed by atoms with van der Waals surface area (Å²) in [5, 5.41) is 0. The van der Waals surface area contributed by atoms with Crippen LogP contribution < -0.4 is 5.73 Å². The summed E-state index contributed by atoms with van der Waals surface area (Å²) in [7, 11) is 0. The van der Waals surface area contributed by atoms with Crippen molar-refractivity contribution < 1.29 is 17.9 Å². The zero-order chi connectivity index (χ0) is 13.6. The third-order valence-corrected chi connectivity index (χ3v) is 3.53. The number of benzene rings is 1. The van der Waals surface area contributed by atoms with Gasteiger partial charge >= 0.3 is 6.18 Å². The van der Waals surface area contributed by atoms with Gasteiger partial charge in [-0.1, -0.05) is 6.07 Å². The number of anilines is 1. The van der Waals surface area contributed by atoms with E-state index < -0.39 is 12.8 Å². The van der Waals surface area contributed by atoms with Crippen molar-refractivity contribution in [2.24, 2.45) is 0 Å². The summed E-state index contributed by atoms with van der Waals surface area (Å²) < 4.78 is 39.9. The Hall–Kier alpha value is -0.880.